The molecule has 0 aliphatic rings. The lowest BCUT2D eigenvalue weighted by Gasteiger charge is -2.07. The van der Waals surface area contributed by atoms with Crippen molar-refractivity contribution in [1.82, 2.24) is 0 Å². The van der Waals surface area contributed by atoms with Gasteiger partial charge in [-0.15, -0.1) is 0 Å². The highest BCUT2D eigenvalue weighted by Gasteiger charge is 2.21. The second-order valence-electron chi connectivity index (χ2n) is 2.88. The summed E-state index contributed by atoms with van der Waals surface area (Å²) in [7, 11) is -9.20. The maximum atomic E-state index is 10.8. The van der Waals surface area contributed by atoms with E-state index in [4.69, 9.17) is 20.6 Å². The van der Waals surface area contributed by atoms with Gasteiger partial charge < -0.3 is 11.5 Å². The first-order chi connectivity index (χ1) is 7.03. The van der Waals surface area contributed by atoms with Gasteiger partial charge in [0.25, 0.3) is 20.2 Å². The topological polar surface area (TPSA) is 161 Å². The van der Waals surface area contributed by atoms with Crippen LogP contribution in [0.4, 0.5) is 11.4 Å². The Morgan fingerprint density at radius 1 is 0.875 bits per heavy atom. The third-order valence-corrected chi connectivity index (χ3v) is 3.49. The molecule has 0 aromatic heterocycles. The van der Waals surface area contributed by atoms with Crippen LogP contribution in [0.15, 0.2) is 21.9 Å². The molecular formula is C6H8N2O6S2. The molecule has 10 heteroatoms. The van der Waals surface area contributed by atoms with Gasteiger partial charge in [-0.05, 0) is 12.1 Å². The molecule has 0 heterocycles. The minimum absolute atomic E-state index is 0.574. The fourth-order valence-electron chi connectivity index (χ4n) is 1.09. The lowest BCUT2D eigenvalue weighted by atomic mass is 10.3. The van der Waals surface area contributed by atoms with E-state index in [1.165, 1.54) is 0 Å². The minimum Gasteiger partial charge on any atom is -0.397 e. The van der Waals surface area contributed by atoms with Crippen molar-refractivity contribution >= 4 is 31.6 Å². The number of nitrogens with two attached hydrogens (primary N) is 2. The number of nitrogen functional groups attached to an aromatic ring is 2. The van der Waals surface area contributed by atoms with Crippen molar-refractivity contribution in [3.8, 4) is 0 Å². The molecule has 0 atom stereocenters. The summed E-state index contributed by atoms with van der Waals surface area (Å²) in [5.41, 5.74) is 9.27. The highest BCUT2D eigenvalue weighted by atomic mass is 32.2. The maximum Gasteiger partial charge on any atom is 0.298 e. The van der Waals surface area contributed by atoms with Crippen LogP contribution in [-0.4, -0.2) is 25.9 Å². The molecule has 1 aromatic carbocycles. The van der Waals surface area contributed by atoms with Gasteiger partial charge in [-0.2, -0.15) is 16.8 Å². The van der Waals surface area contributed by atoms with E-state index in [9.17, 15) is 16.8 Å². The molecule has 0 radical (unpaired) electrons. The van der Waals surface area contributed by atoms with Gasteiger partial charge in [0.2, 0.25) is 0 Å². The van der Waals surface area contributed by atoms with Crippen LogP contribution in [-0.2, 0) is 20.2 Å². The van der Waals surface area contributed by atoms with Crippen molar-refractivity contribution in [3.05, 3.63) is 12.1 Å². The molecule has 0 aliphatic carbocycles. The minimum atomic E-state index is -4.65. The van der Waals surface area contributed by atoms with E-state index in [0.717, 1.165) is 0 Å². The van der Waals surface area contributed by atoms with Gasteiger partial charge in [0.05, 0.1) is 16.3 Å². The normalized spacial score (nSPS) is 12.6. The van der Waals surface area contributed by atoms with Gasteiger partial charge in [0.15, 0.2) is 0 Å². The molecule has 90 valence electrons. The quantitative estimate of drug-likeness (QED) is 0.406. The van der Waals surface area contributed by atoms with Crippen LogP contribution < -0.4 is 11.5 Å². The van der Waals surface area contributed by atoms with E-state index in [2.05, 4.69) is 0 Å². The summed E-state index contributed by atoms with van der Waals surface area (Å²) in [6, 6.07) is 1.35. The summed E-state index contributed by atoms with van der Waals surface area (Å²) in [6.45, 7) is 0. The fraction of sp³-hybridized carbons (Fsp3) is 0. The maximum absolute atomic E-state index is 10.8. The number of rotatable bonds is 2. The smallest absolute Gasteiger partial charge is 0.298 e. The summed E-state index contributed by atoms with van der Waals surface area (Å²) >= 11 is 0. The third kappa shape index (κ3) is 2.41. The van der Waals surface area contributed by atoms with Gasteiger partial charge in [0, 0.05) is 0 Å². The molecule has 0 spiro atoms. The predicted molar refractivity (Wildman–Crippen MR) is 54.9 cm³/mol. The summed E-state index contributed by atoms with van der Waals surface area (Å²) in [5.74, 6) is 0. The van der Waals surface area contributed by atoms with Crippen molar-refractivity contribution < 1.29 is 25.9 Å². The molecule has 6 N–H and O–H groups in total. The van der Waals surface area contributed by atoms with Crippen molar-refractivity contribution in [2.45, 2.75) is 9.79 Å². The zero-order valence-corrected chi connectivity index (χ0v) is 9.29. The lowest BCUT2D eigenvalue weighted by molar-refractivity contribution is 0.479. The highest BCUT2D eigenvalue weighted by molar-refractivity contribution is 7.86. The molecule has 0 bridgehead atoms. The van der Waals surface area contributed by atoms with Gasteiger partial charge in [-0.1, -0.05) is 0 Å². The van der Waals surface area contributed by atoms with Crippen LogP contribution in [0.25, 0.3) is 0 Å². The molecule has 0 saturated carbocycles. The second-order valence-corrected chi connectivity index (χ2v) is 5.66. The van der Waals surface area contributed by atoms with Crippen LogP contribution in [0.1, 0.15) is 0 Å². The Morgan fingerprint density at radius 2 is 1.25 bits per heavy atom. The van der Waals surface area contributed by atoms with Crippen molar-refractivity contribution in [1.29, 1.82) is 0 Å². The molecule has 16 heavy (non-hydrogen) atoms. The first-order valence-corrected chi connectivity index (χ1v) is 6.55. The number of benzene rings is 1. The zero-order chi connectivity index (χ0) is 12.7. The Morgan fingerprint density at radius 3 is 1.50 bits per heavy atom. The van der Waals surface area contributed by atoms with E-state index >= 15 is 0 Å². The van der Waals surface area contributed by atoms with Crippen LogP contribution >= 0.6 is 0 Å². The fourth-order valence-corrected chi connectivity index (χ4v) is 2.36. The first-order valence-electron chi connectivity index (χ1n) is 3.67. The standard InChI is InChI=1S/C6H8N2O6S2/c7-4-1-3(15(9,10)11)2-5(8)6(4)16(12,13)14/h1-2H,7-8H2,(H,9,10,11)(H,12,13,14). The van der Waals surface area contributed by atoms with Crippen LogP contribution in [0.2, 0.25) is 0 Å². The van der Waals surface area contributed by atoms with Crippen LogP contribution in [0.5, 0.6) is 0 Å². The number of anilines is 2. The van der Waals surface area contributed by atoms with Gasteiger partial charge in [-0.3, -0.25) is 9.11 Å². The third-order valence-electron chi connectivity index (χ3n) is 1.68. The molecule has 0 unspecified atom stereocenters. The average Bonchev–Trinajstić information content (AvgIpc) is 1.97. The zero-order valence-electron chi connectivity index (χ0n) is 7.65. The van der Waals surface area contributed by atoms with Crippen molar-refractivity contribution in [2.75, 3.05) is 11.5 Å². The number of hydrogen-bond acceptors (Lipinski definition) is 6. The molecule has 0 amide bonds. The van der Waals surface area contributed by atoms with Gasteiger partial charge >= 0.3 is 0 Å². The lowest BCUT2D eigenvalue weighted by Crippen LogP contribution is -2.09. The Hall–Kier alpha value is -1.36. The summed E-state index contributed by atoms with van der Waals surface area (Å²) in [4.78, 5) is -1.45. The Bertz CT molecular complexity index is 610. The second kappa shape index (κ2) is 3.59. The Kier molecular flexibility index (Phi) is 2.85. The highest BCUT2D eigenvalue weighted by Crippen LogP contribution is 2.28. The summed E-state index contributed by atoms with van der Waals surface area (Å²) in [6.07, 6.45) is 0. The molecule has 1 rings (SSSR count). The first kappa shape index (κ1) is 12.7. The van der Waals surface area contributed by atoms with E-state index in [-0.39, 0.29) is 0 Å². The van der Waals surface area contributed by atoms with E-state index < -0.39 is 41.4 Å². The van der Waals surface area contributed by atoms with E-state index in [1.54, 1.807) is 0 Å². The molecule has 8 nitrogen and oxygen atoms in total. The van der Waals surface area contributed by atoms with Gasteiger partial charge in [-0.25, -0.2) is 0 Å². The molecular weight excluding hydrogens is 260 g/mol. The molecule has 0 aliphatic heterocycles. The SMILES string of the molecule is Nc1cc(S(=O)(=O)O)cc(N)c1S(=O)(=O)O. The van der Waals surface area contributed by atoms with E-state index in [0.29, 0.717) is 12.1 Å². The Balaban J connectivity index is 3.66. The predicted octanol–water partition coefficient (Wildman–Crippen LogP) is -0.656. The Labute approximate surface area is 91.4 Å². The van der Waals surface area contributed by atoms with Gasteiger partial charge in [0.1, 0.15) is 4.90 Å². The van der Waals surface area contributed by atoms with Crippen LogP contribution in [0, 0.1) is 0 Å². The molecule has 0 saturated heterocycles. The summed E-state index contributed by atoms with van der Waals surface area (Å²) < 4.78 is 60.5. The summed E-state index contributed by atoms with van der Waals surface area (Å²) in [5, 5.41) is 0. The average molecular weight is 268 g/mol. The van der Waals surface area contributed by atoms with Crippen molar-refractivity contribution in [3.63, 3.8) is 0 Å². The number of hydrogen-bond donors (Lipinski definition) is 4. The van der Waals surface area contributed by atoms with E-state index in [1.807, 2.05) is 0 Å². The van der Waals surface area contributed by atoms with Crippen molar-refractivity contribution in [2.24, 2.45) is 0 Å². The largest absolute Gasteiger partial charge is 0.397 e. The van der Waals surface area contributed by atoms with Crippen LogP contribution in [0.3, 0.4) is 0 Å². The molecule has 0 fully saturated rings. The monoisotopic (exact) mass is 268 g/mol. The molecule has 1 aromatic rings.